The minimum Gasteiger partial charge on any atom is -0.340 e. The van der Waals surface area contributed by atoms with E-state index in [0.717, 1.165) is 19.5 Å². The number of nitrogens with one attached hydrogen (secondary N) is 1. The van der Waals surface area contributed by atoms with Crippen molar-refractivity contribution in [1.82, 2.24) is 14.5 Å². The fraction of sp³-hybridized carbons (Fsp3) is 0.562. The SMILES string of the molecule is CNS(=O)(=O)CC(=O)N1CCC(C)N(Cc2ccccc2)CC1. The Kier molecular flexibility index (Phi) is 6.15. The Morgan fingerprint density at radius 2 is 1.91 bits per heavy atom. The largest absolute Gasteiger partial charge is 0.340 e. The first kappa shape index (κ1) is 17.9. The smallest absolute Gasteiger partial charge is 0.239 e. The minimum atomic E-state index is -3.51. The first-order valence-corrected chi connectivity index (χ1v) is 9.53. The number of benzene rings is 1. The summed E-state index contributed by atoms with van der Waals surface area (Å²) in [5.74, 6) is -0.801. The molecule has 1 aromatic rings. The van der Waals surface area contributed by atoms with E-state index < -0.39 is 15.8 Å². The van der Waals surface area contributed by atoms with Crippen LogP contribution in [-0.4, -0.2) is 62.6 Å². The van der Waals surface area contributed by atoms with Gasteiger partial charge in [-0.3, -0.25) is 9.69 Å². The van der Waals surface area contributed by atoms with E-state index in [4.69, 9.17) is 0 Å². The van der Waals surface area contributed by atoms with Crippen molar-refractivity contribution >= 4 is 15.9 Å². The van der Waals surface area contributed by atoms with Gasteiger partial charge in [0.25, 0.3) is 0 Å². The Bertz CT molecular complexity index is 619. The summed E-state index contributed by atoms with van der Waals surface area (Å²) in [5.41, 5.74) is 1.25. The van der Waals surface area contributed by atoms with E-state index in [1.54, 1.807) is 4.90 Å². The first-order chi connectivity index (χ1) is 10.9. The van der Waals surface area contributed by atoms with Gasteiger partial charge in [0.05, 0.1) is 0 Å². The highest BCUT2D eigenvalue weighted by Crippen LogP contribution is 2.15. The number of rotatable bonds is 5. The van der Waals surface area contributed by atoms with Crippen LogP contribution in [0.25, 0.3) is 0 Å². The maximum Gasteiger partial charge on any atom is 0.239 e. The molecule has 1 saturated heterocycles. The molecule has 0 spiro atoms. The summed E-state index contributed by atoms with van der Waals surface area (Å²) in [4.78, 5) is 16.2. The van der Waals surface area contributed by atoms with Crippen molar-refractivity contribution in [3.8, 4) is 0 Å². The molecule has 1 N–H and O–H groups in total. The normalized spacial score (nSPS) is 20.3. The van der Waals surface area contributed by atoms with Crippen LogP contribution >= 0.6 is 0 Å². The highest BCUT2D eigenvalue weighted by Gasteiger charge is 2.26. The number of carbonyl (C=O) groups excluding carboxylic acids is 1. The van der Waals surface area contributed by atoms with Gasteiger partial charge >= 0.3 is 0 Å². The van der Waals surface area contributed by atoms with Gasteiger partial charge in [0.1, 0.15) is 5.75 Å². The average molecular weight is 339 g/mol. The minimum absolute atomic E-state index is 0.326. The molecule has 1 aliphatic rings. The highest BCUT2D eigenvalue weighted by molar-refractivity contribution is 7.90. The molecule has 0 bridgehead atoms. The van der Waals surface area contributed by atoms with Crippen molar-refractivity contribution in [3.05, 3.63) is 35.9 Å². The van der Waals surface area contributed by atoms with Crippen molar-refractivity contribution in [2.75, 3.05) is 32.4 Å². The second-order valence-electron chi connectivity index (χ2n) is 5.94. The van der Waals surface area contributed by atoms with Crippen LogP contribution in [0.5, 0.6) is 0 Å². The van der Waals surface area contributed by atoms with E-state index in [1.165, 1.54) is 12.6 Å². The van der Waals surface area contributed by atoms with E-state index in [1.807, 2.05) is 18.2 Å². The number of carbonyl (C=O) groups is 1. The first-order valence-electron chi connectivity index (χ1n) is 7.88. The maximum atomic E-state index is 12.2. The van der Waals surface area contributed by atoms with Gasteiger partial charge in [-0.15, -0.1) is 0 Å². The van der Waals surface area contributed by atoms with Crippen LogP contribution in [0.3, 0.4) is 0 Å². The van der Waals surface area contributed by atoms with Crippen LogP contribution in [0.2, 0.25) is 0 Å². The molecule has 0 saturated carbocycles. The Morgan fingerprint density at radius 1 is 1.22 bits per heavy atom. The molecule has 1 amide bonds. The zero-order chi connectivity index (χ0) is 16.9. The molecule has 6 nitrogen and oxygen atoms in total. The number of sulfonamides is 1. The lowest BCUT2D eigenvalue weighted by Crippen LogP contribution is -2.40. The van der Waals surface area contributed by atoms with Gasteiger partial charge in [0.2, 0.25) is 15.9 Å². The number of amides is 1. The molecule has 0 aliphatic carbocycles. The summed E-state index contributed by atoms with van der Waals surface area (Å²) in [7, 11) is -2.18. The summed E-state index contributed by atoms with van der Waals surface area (Å²) >= 11 is 0. The van der Waals surface area contributed by atoms with Gasteiger partial charge in [-0.05, 0) is 26.0 Å². The fourth-order valence-electron chi connectivity index (χ4n) is 2.73. The van der Waals surface area contributed by atoms with Crippen molar-refractivity contribution in [2.24, 2.45) is 0 Å². The highest BCUT2D eigenvalue weighted by atomic mass is 32.2. The fourth-order valence-corrected chi connectivity index (χ4v) is 3.39. The summed E-state index contributed by atoms with van der Waals surface area (Å²) in [6.45, 7) is 4.92. The van der Waals surface area contributed by atoms with Crippen LogP contribution in [0.15, 0.2) is 30.3 Å². The van der Waals surface area contributed by atoms with Crippen molar-refractivity contribution < 1.29 is 13.2 Å². The monoisotopic (exact) mass is 339 g/mol. The van der Waals surface area contributed by atoms with Crippen LogP contribution in [0, 0.1) is 0 Å². The molecular formula is C16H25N3O3S. The zero-order valence-corrected chi connectivity index (χ0v) is 14.6. The molecule has 23 heavy (non-hydrogen) atoms. The average Bonchev–Trinajstić information content (AvgIpc) is 2.71. The van der Waals surface area contributed by atoms with Crippen LogP contribution in [0.4, 0.5) is 0 Å². The zero-order valence-electron chi connectivity index (χ0n) is 13.7. The summed E-state index contributed by atoms with van der Waals surface area (Å²) < 4.78 is 25.3. The third-order valence-corrected chi connectivity index (χ3v) is 5.55. The number of hydrogen-bond donors (Lipinski definition) is 1. The van der Waals surface area contributed by atoms with E-state index in [0.29, 0.717) is 19.1 Å². The Hall–Kier alpha value is -1.44. The number of nitrogens with zero attached hydrogens (tertiary/aromatic N) is 2. The van der Waals surface area contributed by atoms with Gasteiger partial charge in [0, 0.05) is 32.2 Å². The molecule has 1 aliphatic heterocycles. The molecule has 0 radical (unpaired) electrons. The second-order valence-corrected chi connectivity index (χ2v) is 7.86. The summed E-state index contributed by atoms with van der Waals surface area (Å²) in [5, 5.41) is 0. The van der Waals surface area contributed by atoms with E-state index >= 15 is 0 Å². The quantitative estimate of drug-likeness (QED) is 0.856. The third kappa shape index (κ3) is 5.30. The predicted molar refractivity (Wildman–Crippen MR) is 90.4 cm³/mol. The van der Waals surface area contributed by atoms with Gasteiger partial charge in [-0.1, -0.05) is 30.3 Å². The van der Waals surface area contributed by atoms with Crippen molar-refractivity contribution in [3.63, 3.8) is 0 Å². The molecule has 128 valence electrons. The molecule has 2 rings (SSSR count). The lowest BCUT2D eigenvalue weighted by atomic mass is 10.1. The molecule has 0 aromatic heterocycles. The van der Waals surface area contributed by atoms with Crippen LogP contribution in [0.1, 0.15) is 18.9 Å². The van der Waals surface area contributed by atoms with Gasteiger partial charge < -0.3 is 4.90 Å². The Labute approximate surface area is 138 Å². The predicted octanol–water partition coefficient (Wildman–Crippen LogP) is 0.659. The summed E-state index contributed by atoms with van der Waals surface area (Å²) in [6.07, 6.45) is 0.845. The summed E-state index contributed by atoms with van der Waals surface area (Å²) in [6, 6.07) is 10.6. The van der Waals surface area contributed by atoms with Crippen LogP contribution < -0.4 is 4.72 Å². The van der Waals surface area contributed by atoms with Crippen molar-refractivity contribution in [2.45, 2.75) is 25.9 Å². The van der Waals surface area contributed by atoms with E-state index in [9.17, 15) is 13.2 Å². The molecule has 1 fully saturated rings. The van der Waals surface area contributed by atoms with E-state index in [-0.39, 0.29) is 5.91 Å². The lowest BCUT2D eigenvalue weighted by molar-refractivity contribution is -0.128. The third-order valence-electron chi connectivity index (χ3n) is 4.30. The van der Waals surface area contributed by atoms with Crippen molar-refractivity contribution in [1.29, 1.82) is 0 Å². The Morgan fingerprint density at radius 3 is 2.57 bits per heavy atom. The molecule has 1 atom stereocenters. The van der Waals surface area contributed by atoms with Gasteiger partial charge in [0.15, 0.2) is 0 Å². The molecule has 1 heterocycles. The molecule has 7 heteroatoms. The second kappa shape index (κ2) is 7.90. The van der Waals surface area contributed by atoms with E-state index in [2.05, 4.69) is 28.7 Å². The number of hydrogen-bond acceptors (Lipinski definition) is 4. The topological polar surface area (TPSA) is 69.7 Å². The van der Waals surface area contributed by atoms with Crippen LogP contribution in [-0.2, 0) is 21.4 Å². The van der Waals surface area contributed by atoms with Gasteiger partial charge in [-0.25, -0.2) is 13.1 Å². The van der Waals surface area contributed by atoms with Gasteiger partial charge in [-0.2, -0.15) is 0 Å². The molecule has 1 unspecified atom stereocenters. The Balaban J connectivity index is 1.96. The molecular weight excluding hydrogens is 314 g/mol. The molecule has 1 aromatic carbocycles. The maximum absolute atomic E-state index is 12.2. The standard InChI is InChI=1S/C16H25N3O3S/c1-14-8-9-18(16(20)13-23(21,22)17-2)10-11-19(14)12-15-6-4-3-5-7-15/h3-7,14,17H,8-13H2,1-2H3. The lowest BCUT2D eigenvalue weighted by Gasteiger charge is -2.26.